The summed E-state index contributed by atoms with van der Waals surface area (Å²) < 4.78 is 0. The van der Waals surface area contributed by atoms with Crippen LogP contribution in [0.4, 0.5) is 0 Å². The Morgan fingerprint density at radius 1 is 1.13 bits per heavy atom. The second-order valence-electron chi connectivity index (χ2n) is 5.75. The molecule has 0 amide bonds. The highest BCUT2D eigenvalue weighted by molar-refractivity contribution is 5.02. The molecular weight excluding hydrogens is 188 g/mol. The van der Waals surface area contributed by atoms with E-state index in [1.165, 1.54) is 32.6 Å². The zero-order chi connectivity index (χ0) is 11.1. The lowest BCUT2D eigenvalue weighted by Crippen LogP contribution is -2.61. The molecule has 2 heterocycles. The average Bonchev–Trinajstić information content (AvgIpc) is 2.59. The van der Waals surface area contributed by atoms with E-state index in [0.29, 0.717) is 24.1 Å². The molecule has 0 aromatic carbocycles. The topological polar surface area (TPSA) is 26.7 Å². The van der Waals surface area contributed by atoms with E-state index < -0.39 is 0 Å². The smallest absolute Gasteiger partial charge is 0.0584 e. The van der Waals surface area contributed by atoms with Crippen LogP contribution in [0.5, 0.6) is 0 Å². The van der Waals surface area contributed by atoms with Crippen molar-refractivity contribution in [1.82, 2.24) is 9.80 Å². The monoisotopic (exact) mass is 212 g/mol. The predicted octanol–water partition coefficient (Wildman–Crippen LogP) is 0.783. The zero-order valence-electron chi connectivity index (χ0n) is 10.2. The van der Waals surface area contributed by atoms with Gasteiger partial charge in [0.25, 0.3) is 0 Å². The van der Waals surface area contributed by atoms with Gasteiger partial charge in [0.05, 0.1) is 6.61 Å². The van der Waals surface area contributed by atoms with Gasteiger partial charge in [0, 0.05) is 37.1 Å². The highest BCUT2D eigenvalue weighted by Crippen LogP contribution is 2.40. The van der Waals surface area contributed by atoms with Crippen molar-refractivity contribution in [3.63, 3.8) is 0 Å². The third kappa shape index (κ3) is 2.05. The van der Waals surface area contributed by atoms with Gasteiger partial charge in [-0.3, -0.25) is 4.90 Å². The van der Waals surface area contributed by atoms with E-state index in [1.54, 1.807) is 0 Å². The Kier molecular flexibility index (Phi) is 3.06. The Morgan fingerprint density at radius 3 is 2.20 bits per heavy atom. The third-order valence-corrected chi connectivity index (χ3v) is 4.16. The Hall–Kier alpha value is -0.120. The van der Waals surface area contributed by atoms with Crippen molar-refractivity contribution < 1.29 is 5.11 Å². The molecule has 2 aliphatic rings. The van der Waals surface area contributed by atoms with E-state index >= 15 is 0 Å². The minimum atomic E-state index is 0.296. The van der Waals surface area contributed by atoms with Crippen LogP contribution in [0.15, 0.2) is 0 Å². The van der Waals surface area contributed by atoms with Gasteiger partial charge in [0.1, 0.15) is 0 Å². The summed E-state index contributed by atoms with van der Waals surface area (Å²) >= 11 is 0. The Labute approximate surface area is 93.1 Å². The van der Waals surface area contributed by atoms with Crippen LogP contribution in [0.1, 0.15) is 27.2 Å². The first-order chi connectivity index (χ1) is 7.06. The van der Waals surface area contributed by atoms with Crippen LogP contribution >= 0.6 is 0 Å². The lowest BCUT2D eigenvalue weighted by molar-refractivity contribution is -0.0349. The van der Waals surface area contributed by atoms with E-state index in [2.05, 4.69) is 30.6 Å². The number of aliphatic hydroxyl groups is 1. The highest BCUT2D eigenvalue weighted by atomic mass is 16.3. The molecule has 1 spiro atoms. The molecule has 2 saturated heterocycles. The van der Waals surface area contributed by atoms with Crippen LogP contribution in [0.3, 0.4) is 0 Å². The summed E-state index contributed by atoms with van der Waals surface area (Å²) in [6.07, 6.45) is 1.35. The lowest BCUT2D eigenvalue weighted by Gasteiger charge is -2.50. The molecule has 1 unspecified atom stereocenters. The second-order valence-corrected chi connectivity index (χ2v) is 5.75. The summed E-state index contributed by atoms with van der Waals surface area (Å²) in [5.74, 6) is 0. The Balaban J connectivity index is 1.83. The third-order valence-electron chi connectivity index (χ3n) is 4.16. The molecule has 0 aromatic heterocycles. The first kappa shape index (κ1) is 11.4. The molecular formula is C12H24N2O. The van der Waals surface area contributed by atoms with Crippen molar-refractivity contribution in [1.29, 1.82) is 0 Å². The molecule has 0 bridgehead atoms. The summed E-state index contributed by atoms with van der Waals surface area (Å²) in [5, 5.41) is 9.09. The number of rotatable bonds is 3. The quantitative estimate of drug-likeness (QED) is 0.749. The standard InChI is InChI=1S/C12H24N2O/c1-10(2)13-5-4-12(7-13)8-14(9-12)11(3)6-15/h10-11,15H,4-9H2,1-3H3. The molecule has 15 heavy (non-hydrogen) atoms. The van der Waals surface area contributed by atoms with E-state index in [0.717, 1.165) is 0 Å². The molecule has 0 aliphatic carbocycles. The van der Waals surface area contributed by atoms with E-state index in [-0.39, 0.29) is 0 Å². The molecule has 1 N–H and O–H groups in total. The first-order valence-corrected chi connectivity index (χ1v) is 6.15. The fraction of sp³-hybridized carbons (Fsp3) is 1.00. The molecule has 88 valence electrons. The molecule has 0 saturated carbocycles. The highest BCUT2D eigenvalue weighted by Gasteiger charge is 2.48. The van der Waals surface area contributed by atoms with Crippen LogP contribution < -0.4 is 0 Å². The van der Waals surface area contributed by atoms with Crippen LogP contribution in [0.25, 0.3) is 0 Å². The van der Waals surface area contributed by atoms with E-state index in [9.17, 15) is 0 Å². The summed E-state index contributed by atoms with van der Waals surface area (Å²) in [6.45, 7) is 11.9. The van der Waals surface area contributed by atoms with Crippen molar-refractivity contribution in [2.24, 2.45) is 5.41 Å². The number of nitrogens with zero attached hydrogens (tertiary/aromatic N) is 2. The van der Waals surface area contributed by atoms with Gasteiger partial charge in [0.15, 0.2) is 0 Å². The molecule has 2 fully saturated rings. The fourth-order valence-corrected chi connectivity index (χ4v) is 2.91. The maximum absolute atomic E-state index is 9.09. The maximum Gasteiger partial charge on any atom is 0.0584 e. The molecule has 0 aromatic rings. The molecule has 2 rings (SSSR count). The van der Waals surface area contributed by atoms with Gasteiger partial charge in [-0.1, -0.05) is 0 Å². The van der Waals surface area contributed by atoms with Crippen LogP contribution in [0, 0.1) is 5.41 Å². The molecule has 3 heteroatoms. The fourth-order valence-electron chi connectivity index (χ4n) is 2.91. The second kappa shape index (κ2) is 4.04. The average molecular weight is 212 g/mol. The van der Waals surface area contributed by atoms with Gasteiger partial charge in [0.2, 0.25) is 0 Å². The van der Waals surface area contributed by atoms with Crippen molar-refractivity contribution in [2.75, 3.05) is 32.8 Å². The Bertz CT molecular complexity index is 224. The minimum absolute atomic E-state index is 0.296. The van der Waals surface area contributed by atoms with Crippen LogP contribution in [-0.2, 0) is 0 Å². The Morgan fingerprint density at radius 2 is 1.73 bits per heavy atom. The van der Waals surface area contributed by atoms with Gasteiger partial charge < -0.3 is 10.0 Å². The number of aliphatic hydroxyl groups excluding tert-OH is 1. The normalized spacial score (nSPS) is 28.6. The van der Waals surface area contributed by atoms with Gasteiger partial charge in [-0.15, -0.1) is 0 Å². The molecule has 1 atom stereocenters. The van der Waals surface area contributed by atoms with Gasteiger partial charge in [-0.2, -0.15) is 0 Å². The SMILES string of the molecule is CC(C)N1CCC2(C1)CN(C(C)CO)C2. The molecule has 2 aliphatic heterocycles. The van der Waals surface area contributed by atoms with Gasteiger partial charge >= 0.3 is 0 Å². The largest absolute Gasteiger partial charge is 0.395 e. The maximum atomic E-state index is 9.09. The number of hydrogen-bond donors (Lipinski definition) is 1. The van der Waals surface area contributed by atoms with Gasteiger partial charge in [-0.05, 0) is 33.7 Å². The lowest BCUT2D eigenvalue weighted by atomic mass is 9.78. The minimum Gasteiger partial charge on any atom is -0.395 e. The van der Waals surface area contributed by atoms with Crippen LogP contribution in [0.2, 0.25) is 0 Å². The van der Waals surface area contributed by atoms with Crippen molar-refractivity contribution in [3.05, 3.63) is 0 Å². The number of hydrogen-bond acceptors (Lipinski definition) is 3. The number of likely N-dealkylation sites (tertiary alicyclic amines) is 2. The van der Waals surface area contributed by atoms with Crippen LogP contribution in [-0.4, -0.2) is 59.8 Å². The zero-order valence-corrected chi connectivity index (χ0v) is 10.2. The van der Waals surface area contributed by atoms with Crippen molar-refractivity contribution >= 4 is 0 Å². The predicted molar refractivity (Wildman–Crippen MR) is 61.9 cm³/mol. The first-order valence-electron chi connectivity index (χ1n) is 6.15. The van der Waals surface area contributed by atoms with Crippen molar-refractivity contribution in [2.45, 2.75) is 39.3 Å². The summed E-state index contributed by atoms with van der Waals surface area (Å²) in [4.78, 5) is 4.99. The molecule has 3 nitrogen and oxygen atoms in total. The summed E-state index contributed by atoms with van der Waals surface area (Å²) in [5.41, 5.74) is 0.563. The van der Waals surface area contributed by atoms with E-state index in [1.807, 2.05) is 0 Å². The molecule has 0 radical (unpaired) electrons. The summed E-state index contributed by atoms with van der Waals surface area (Å²) in [6, 6.07) is 1.04. The summed E-state index contributed by atoms with van der Waals surface area (Å²) in [7, 11) is 0. The van der Waals surface area contributed by atoms with Gasteiger partial charge in [-0.25, -0.2) is 0 Å². The van der Waals surface area contributed by atoms with E-state index in [4.69, 9.17) is 5.11 Å². The van der Waals surface area contributed by atoms with Crippen molar-refractivity contribution in [3.8, 4) is 0 Å².